The van der Waals surface area contributed by atoms with Crippen molar-refractivity contribution < 1.29 is 27.2 Å². The number of thioether (sulfide) groups is 1. The molecule has 2 amide bonds. The molecule has 0 N–H and O–H groups in total. The van der Waals surface area contributed by atoms with Gasteiger partial charge in [-0.05, 0) is 48.7 Å². The Kier molecular flexibility index (Phi) is 7.70. The van der Waals surface area contributed by atoms with Crippen molar-refractivity contribution in [2.45, 2.75) is 43.2 Å². The zero-order valence-electron chi connectivity index (χ0n) is 20.8. The van der Waals surface area contributed by atoms with Gasteiger partial charge in [0.25, 0.3) is 5.91 Å². The monoisotopic (exact) mass is 547 g/mol. The normalized spacial score (nSPS) is 23.5. The molecule has 2 aliphatic heterocycles. The minimum absolute atomic E-state index is 0.0371. The summed E-state index contributed by atoms with van der Waals surface area (Å²) in [5.74, 6) is -0.688. The third-order valence-corrected chi connectivity index (χ3v) is 8.88. The number of fused-ring (bicyclic) bond motifs is 1. The Hall–Kier alpha value is -3.01. The van der Waals surface area contributed by atoms with E-state index in [1.807, 2.05) is 4.90 Å². The van der Waals surface area contributed by atoms with Gasteiger partial charge < -0.3 is 14.7 Å². The zero-order chi connectivity index (χ0) is 26.9. The Morgan fingerprint density at radius 1 is 0.974 bits per heavy atom. The smallest absolute Gasteiger partial charge is 0.366 e. The van der Waals surface area contributed by atoms with Gasteiger partial charge in [-0.3, -0.25) is 9.59 Å². The predicted octanol–water partition coefficient (Wildman–Crippen LogP) is 5.42. The summed E-state index contributed by atoms with van der Waals surface area (Å²) in [5, 5.41) is 0.146. The molecule has 2 saturated heterocycles. The van der Waals surface area contributed by atoms with Gasteiger partial charge in [0, 0.05) is 37.5 Å². The third-order valence-electron chi connectivity index (χ3n) is 7.48. The Bertz CT molecular complexity index is 1210. The molecule has 2 aromatic carbocycles. The van der Waals surface area contributed by atoms with Gasteiger partial charge in [-0.25, -0.2) is 4.39 Å². The number of alkyl halides is 3. The van der Waals surface area contributed by atoms with Crippen molar-refractivity contribution in [3.63, 3.8) is 0 Å². The number of halogens is 4. The minimum atomic E-state index is -4.42. The van der Waals surface area contributed by atoms with E-state index in [9.17, 15) is 27.2 Å². The van der Waals surface area contributed by atoms with Crippen LogP contribution in [0.5, 0.6) is 0 Å². The van der Waals surface area contributed by atoms with Gasteiger partial charge in [-0.2, -0.15) is 13.2 Å². The van der Waals surface area contributed by atoms with Crippen molar-refractivity contribution in [1.29, 1.82) is 0 Å². The van der Waals surface area contributed by atoms with E-state index in [-0.39, 0.29) is 35.5 Å². The molecule has 0 aromatic heterocycles. The third kappa shape index (κ3) is 5.70. The van der Waals surface area contributed by atoms with Crippen LogP contribution in [0.1, 0.15) is 36.8 Å². The summed E-state index contributed by atoms with van der Waals surface area (Å²) in [7, 11) is 0. The van der Waals surface area contributed by atoms with Gasteiger partial charge in [0.2, 0.25) is 5.91 Å². The molecule has 38 heavy (non-hydrogen) atoms. The molecule has 3 aliphatic rings. The number of hydrogen-bond acceptors (Lipinski definition) is 4. The van der Waals surface area contributed by atoms with E-state index in [1.165, 1.54) is 30.0 Å². The molecule has 2 unspecified atom stereocenters. The van der Waals surface area contributed by atoms with Crippen LogP contribution in [0.3, 0.4) is 0 Å². The molecule has 202 valence electrons. The molecular formula is C28H29F4N3O2S. The molecule has 0 radical (unpaired) electrons. The van der Waals surface area contributed by atoms with E-state index in [1.54, 1.807) is 34.1 Å². The lowest BCUT2D eigenvalue weighted by atomic mass is 9.93. The number of rotatable bonds is 4. The van der Waals surface area contributed by atoms with Gasteiger partial charge in [0.15, 0.2) is 0 Å². The van der Waals surface area contributed by atoms with Gasteiger partial charge in [-0.1, -0.05) is 37.1 Å². The van der Waals surface area contributed by atoms with Crippen molar-refractivity contribution in [2.75, 3.05) is 37.6 Å². The second-order valence-electron chi connectivity index (χ2n) is 9.89. The van der Waals surface area contributed by atoms with E-state index < -0.39 is 11.7 Å². The Morgan fingerprint density at radius 2 is 1.66 bits per heavy atom. The molecular weight excluding hydrogens is 518 g/mol. The van der Waals surface area contributed by atoms with Crippen LogP contribution in [0.15, 0.2) is 53.4 Å². The molecule has 2 aromatic rings. The van der Waals surface area contributed by atoms with Gasteiger partial charge in [-0.15, -0.1) is 11.8 Å². The number of para-hydroxylation sites is 1. The highest BCUT2D eigenvalue weighted by molar-refractivity contribution is 8.04. The Morgan fingerprint density at radius 3 is 2.34 bits per heavy atom. The van der Waals surface area contributed by atoms with Crippen LogP contribution >= 0.6 is 11.8 Å². The van der Waals surface area contributed by atoms with Crippen LogP contribution in [0.4, 0.5) is 23.2 Å². The fourth-order valence-electron chi connectivity index (χ4n) is 5.43. The van der Waals surface area contributed by atoms with E-state index in [2.05, 4.69) is 0 Å². The average Bonchev–Trinajstić information content (AvgIpc) is 2.91. The molecule has 2 atom stereocenters. The lowest BCUT2D eigenvalue weighted by Crippen LogP contribution is -2.57. The summed E-state index contributed by atoms with van der Waals surface area (Å²) in [6.45, 7) is 1.84. The maximum absolute atomic E-state index is 14.2. The first-order valence-corrected chi connectivity index (χ1v) is 13.7. The fourth-order valence-corrected chi connectivity index (χ4v) is 6.91. The number of piperazine rings is 1. The highest BCUT2D eigenvalue weighted by atomic mass is 32.2. The second-order valence-corrected chi connectivity index (χ2v) is 11.2. The second kappa shape index (κ2) is 11.0. The first kappa shape index (κ1) is 26.6. The van der Waals surface area contributed by atoms with Crippen molar-refractivity contribution in [2.24, 2.45) is 0 Å². The summed E-state index contributed by atoms with van der Waals surface area (Å²) in [5.41, 5.74) is 0.293. The molecule has 0 bridgehead atoms. The first-order valence-electron chi connectivity index (χ1n) is 12.8. The number of benzene rings is 2. The number of amides is 2. The van der Waals surface area contributed by atoms with E-state index in [4.69, 9.17) is 0 Å². The van der Waals surface area contributed by atoms with Crippen LogP contribution < -0.4 is 4.90 Å². The summed E-state index contributed by atoms with van der Waals surface area (Å²) < 4.78 is 53.0. The number of carbonyl (C=O) groups excluding carboxylic acids is 2. The van der Waals surface area contributed by atoms with E-state index in [0.717, 1.165) is 37.8 Å². The van der Waals surface area contributed by atoms with Crippen molar-refractivity contribution in [3.05, 3.63) is 70.4 Å². The predicted molar refractivity (Wildman–Crippen MR) is 140 cm³/mol. The lowest BCUT2D eigenvalue weighted by Gasteiger charge is -2.45. The van der Waals surface area contributed by atoms with E-state index >= 15 is 0 Å². The SMILES string of the molecule is O=C(CN1C(=O)/C(=C\c2ccc(C(F)(F)F)cc2)SC2CCCCC21)N1CCN(c2ccccc2F)CC1. The van der Waals surface area contributed by atoms with Crippen LogP contribution in [-0.2, 0) is 15.8 Å². The molecule has 1 aliphatic carbocycles. The summed E-state index contributed by atoms with van der Waals surface area (Å²) in [6, 6.07) is 11.3. The zero-order valence-corrected chi connectivity index (χ0v) is 21.6. The molecule has 0 spiro atoms. The molecule has 5 nitrogen and oxygen atoms in total. The van der Waals surface area contributed by atoms with Crippen LogP contribution in [0.25, 0.3) is 6.08 Å². The highest BCUT2D eigenvalue weighted by Gasteiger charge is 2.42. The highest BCUT2D eigenvalue weighted by Crippen LogP contribution is 2.42. The lowest BCUT2D eigenvalue weighted by molar-refractivity contribution is -0.141. The van der Waals surface area contributed by atoms with Crippen molar-refractivity contribution in [3.8, 4) is 0 Å². The van der Waals surface area contributed by atoms with E-state index in [0.29, 0.717) is 42.3 Å². The minimum Gasteiger partial charge on any atom is -0.366 e. The summed E-state index contributed by atoms with van der Waals surface area (Å²) in [6.07, 6.45) is 0.968. The van der Waals surface area contributed by atoms with Crippen molar-refractivity contribution in [1.82, 2.24) is 9.80 Å². The number of anilines is 1. The molecule has 2 heterocycles. The van der Waals surface area contributed by atoms with Crippen LogP contribution in [0, 0.1) is 5.82 Å². The molecule has 10 heteroatoms. The van der Waals surface area contributed by atoms with Crippen LogP contribution in [-0.4, -0.2) is 65.6 Å². The summed E-state index contributed by atoms with van der Waals surface area (Å²) >= 11 is 1.47. The maximum Gasteiger partial charge on any atom is 0.416 e. The van der Waals surface area contributed by atoms with Gasteiger partial charge in [0.1, 0.15) is 12.4 Å². The van der Waals surface area contributed by atoms with Crippen LogP contribution in [0.2, 0.25) is 0 Å². The maximum atomic E-state index is 14.2. The van der Waals surface area contributed by atoms with Crippen molar-refractivity contribution >= 4 is 35.3 Å². The number of carbonyl (C=O) groups is 2. The fraction of sp³-hybridized carbons (Fsp3) is 0.429. The Balaban J connectivity index is 1.29. The Labute approximate surface area is 223 Å². The number of nitrogens with zero attached hydrogens (tertiary/aromatic N) is 3. The number of hydrogen-bond donors (Lipinski definition) is 0. The largest absolute Gasteiger partial charge is 0.416 e. The van der Waals surface area contributed by atoms with Gasteiger partial charge in [0.05, 0.1) is 16.2 Å². The summed E-state index contributed by atoms with van der Waals surface area (Å²) in [4.78, 5) is 32.6. The quantitative estimate of drug-likeness (QED) is 0.379. The average molecular weight is 548 g/mol. The topological polar surface area (TPSA) is 43.9 Å². The van der Waals surface area contributed by atoms with Gasteiger partial charge >= 0.3 is 6.18 Å². The standard InChI is InChI=1S/C28H29F4N3O2S/c29-21-5-1-2-6-22(21)33-13-15-34(16-14-33)26(36)18-35-23-7-3-4-8-24(23)38-25(27(35)37)17-19-9-11-20(12-10-19)28(30,31)32/h1-2,5-6,9-12,17,23-24H,3-4,7-8,13-16,18H2/b25-17+. The molecule has 3 fully saturated rings. The molecule has 5 rings (SSSR count). The first-order chi connectivity index (χ1) is 18.2. The molecule has 1 saturated carbocycles.